The summed E-state index contributed by atoms with van der Waals surface area (Å²) in [5.74, 6) is -6.94. The number of aromatic hydroxyl groups is 2. The van der Waals surface area contributed by atoms with Crippen LogP contribution in [0, 0.1) is 6.92 Å². The Hall–Kier alpha value is -4.55. The Morgan fingerprint density at radius 2 is 1.60 bits per heavy atom. The van der Waals surface area contributed by atoms with Gasteiger partial charge in [-0.3, -0.25) is 24.0 Å². The molecule has 0 aromatic heterocycles. The van der Waals surface area contributed by atoms with Crippen LogP contribution in [0.2, 0.25) is 0 Å². The molecule has 5 aliphatic rings. The van der Waals surface area contributed by atoms with Crippen LogP contribution < -0.4 is 5.32 Å². The van der Waals surface area contributed by atoms with Gasteiger partial charge in [0, 0.05) is 63.6 Å². The Bertz CT molecular complexity index is 2020. The molecule has 2 aliphatic heterocycles. The first-order chi connectivity index (χ1) is 25.1. The fraction of sp³-hybridized carbons (Fsp3) is 0.486. The van der Waals surface area contributed by atoms with Gasteiger partial charge in [-0.25, -0.2) is 0 Å². The van der Waals surface area contributed by atoms with Gasteiger partial charge in [0.25, 0.3) is 5.91 Å². The summed E-state index contributed by atoms with van der Waals surface area (Å²) in [6, 6.07) is 2.32. The summed E-state index contributed by atoms with van der Waals surface area (Å²) >= 11 is 0. The monoisotopic (exact) mass is 736 g/mol. The zero-order chi connectivity index (χ0) is 38.5. The number of ketones is 4. The highest BCUT2D eigenvalue weighted by atomic mass is 16.6. The quantitative estimate of drug-likeness (QED) is 0.232. The number of benzene rings is 2. The molecule has 0 radical (unpaired) electrons. The third kappa shape index (κ3) is 4.83. The molecule has 7 rings (SSSR count). The van der Waals surface area contributed by atoms with Crippen molar-refractivity contribution in [3.8, 4) is 11.5 Å². The van der Waals surface area contributed by atoms with Crippen molar-refractivity contribution in [2.45, 2.75) is 81.1 Å². The number of fused-ring (bicyclic) bond motifs is 5. The van der Waals surface area contributed by atoms with Crippen LogP contribution in [0.5, 0.6) is 11.5 Å². The van der Waals surface area contributed by atoms with Crippen molar-refractivity contribution in [2.24, 2.45) is 0 Å². The van der Waals surface area contributed by atoms with Gasteiger partial charge in [0.05, 0.1) is 34.6 Å². The standard InChI is InChI=1S/C37H40N2O14/c1-14-10-16-11-21(41)37(52-5)33(47)24-18(32(46)36(37,49)25(16)28(44)22(14)35(48)39-8-6-7-9-39)12-17-23(27(24)43)20(40)13-19(26(17)42)38-34-31(51-4)29(45)30(50-3)15(2)53-34/h10,12-13,15,21,29-31,34,38,41,43-45,49H,6-9,11H2,1-5H3/t15-,21+,29+,30-,31+,34?,36-,37+/m0/s1. The summed E-state index contributed by atoms with van der Waals surface area (Å²) in [6.45, 7) is 4.01. The van der Waals surface area contributed by atoms with Crippen LogP contribution in [-0.2, 0) is 31.0 Å². The molecular formula is C37H40N2O14. The molecule has 282 valence electrons. The largest absolute Gasteiger partial charge is 0.507 e. The highest BCUT2D eigenvalue weighted by molar-refractivity contribution is 6.31. The number of phenolic OH excluding ortho intramolecular Hbond substituents is 2. The number of amides is 1. The highest BCUT2D eigenvalue weighted by Gasteiger charge is 2.72. The summed E-state index contributed by atoms with van der Waals surface area (Å²) in [5, 5.41) is 61.2. The van der Waals surface area contributed by atoms with E-state index in [1.807, 2.05) is 0 Å². The molecule has 0 spiro atoms. The number of Topliss-reactive ketones (excluding diaryl/α,β-unsaturated/α-hetero) is 3. The number of likely N-dealkylation sites (tertiary alicyclic amines) is 1. The van der Waals surface area contributed by atoms with Gasteiger partial charge in [-0.15, -0.1) is 0 Å². The normalized spacial score (nSPS) is 32.2. The predicted octanol–water partition coefficient (Wildman–Crippen LogP) is 0.199. The van der Waals surface area contributed by atoms with Crippen LogP contribution in [-0.4, -0.2) is 136 Å². The molecular weight excluding hydrogens is 696 g/mol. The van der Waals surface area contributed by atoms with E-state index >= 15 is 0 Å². The van der Waals surface area contributed by atoms with Crippen LogP contribution in [0.3, 0.4) is 0 Å². The molecule has 2 heterocycles. The number of rotatable bonds is 6. The predicted molar refractivity (Wildman–Crippen MR) is 180 cm³/mol. The first-order valence-corrected chi connectivity index (χ1v) is 17.2. The maximum Gasteiger partial charge on any atom is 0.257 e. The second kappa shape index (κ2) is 12.8. The summed E-state index contributed by atoms with van der Waals surface area (Å²) in [6.07, 6.45) is -4.97. The van der Waals surface area contributed by atoms with Gasteiger partial charge in [0.2, 0.25) is 17.3 Å². The van der Waals surface area contributed by atoms with Gasteiger partial charge in [-0.1, -0.05) is 6.07 Å². The molecule has 16 heteroatoms. The van der Waals surface area contributed by atoms with E-state index < -0.39 is 123 Å². The first kappa shape index (κ1) is 36.8. The van der Waals surface area contributed by atoms with Crippen LogP contribution in [0.4, 0.5) is 0 Å². The molecule has 1 unspecified atom stereocenters. The fourth-order valence-electron chi connectivity index (χ4n) is 8.84. The van der Waals surface area contributed by atoms with Crippen molar-refractivity contribution in [1.29, 1.82) is 0 Å². The van der Waals surface area contributed by atoms with Crippen molar-refractivity contribution in [3.05, 3.63) is 68.4 Å². The molecule has 2 saturated heterocycles. The third-order valence-electron chi connectivity index (χ3n) is 11.4. The van der Waals surface area contributed by atoms with Gasteiger partial charge < -0.3 is 54.7 Å². The molecule has 8 atom stereocenters. The molecule has 53 heavy (non-hydrogen) atoms. The Kier molecular flexibility index (Phi) is 8.88. The zero-order valence-electron chi connectivity index (χ0n) is 29.6. The van der Waals surface area contributed by atoms with Gasteiger partial charge >= 0.3 is 0 Å². The van der Waals surface area contributed by atoms with Gasteiger partial charge in [0.15, 0.2) is 23.2 Å². The Labute approximate surface area is 302 Å². The topological polar surface area (TPSA) is 239 Å². The van der Waals surface area contributed by atoms with E-state index in [1.165, 1.54) is 25.2 Å². The minimum atomic E-state index is -3.19. The Morgan fingerprint density at radius 3 is 2.23 bits per heavy atom. The average Bonchev–Trinajstić information content (AvgIpc) is 3.65. The van der Waals surface area contributed by atoms with Crippen molar-refractivity contribution in [1.82, 2.24) is 10.2 Å². The lowest BCUT2D eigenvalue weighted by atomic mass is 9.56. The zero-order valence-corrected chi connectivity index (χ0v) is 29.6. The smallest absolute Gasteiger partial charge is 0.257 e. The number of aliphatic hydroxyl groups excluding tert-OH is 2. The van der Waals surface area contributed by atoms with E-state index in [2.05, 4.69) is 5.32 Å². The lowest BCUT2D eigenvalue weighted by Crippen LogP contribution is -2.73. The van der Waals surface area contributed by atoms with Crippen LogP contribution in [0.15, 0.2) is 23.9 Å². The number of aliphatic hydroxyl groups is 3. The van der Waals surface area contributed by atoms with Crippen LogP contribution in [0.1, 0.15) is 88.2 Å². The number of allylic oxidation sites excluding steroid dienone is 2. The maximum atomic E-state index is 14.8. The number of carbonyl (C=O) groups is 5. The third-order valence-corrected chi connectivity index (χ3v) is 11.4. The van der Waals surface area contributed by atoms with Crippen LogP contribution in [0.25, 0.3) is 0 Å². The number of hydrogen-bond acceptors (Lipinski definition) is 15. The van der Waals surface area contributed by atoms with Gasteiger partial charge in [-0.2, -0.15) is 0 Å². The summed E-state index contributed by atoms with van der Waals surface area (Å²) < 4.78 is 22.2. The fourth-order valence-corrected chi connectivity index (χ4v) is 8.84. The molecule has 2 aromatic rings. The minimum absolute atomic E-state index is 0.0559. The van der Waals surface area contributed by atoms with Crippen molar-refractivity contribution in [2.75, 3.05) is 34.4 Å². The number of ether oxygens (including phenoxy) is 4. The van der Waals surface area contributed by atoms with Crippen molar-refractivity contribution in [3.63, 3.8) is 0 Å². The number of nitrogens with zero attached hydrogens (tertiary/aromatic N) is 1. The van der Waals surface area contributed by atoms with E-state index in [-0.39, 0.29) is 16.8 Å². The number of phenols is 2. The van der Waals surface area contributed by atoms with E-state index in [1.54, 1.807) is 13.8 Å². The summed E-state index contributed by atoms with van der Waals surface area (Å²) in [5.41, 5.74) is -9.45. The summed E-state index contributed by atoms with van der Waals surface area (Å²) in [7, 11) is 3.63. The summed E-state index contributed by atoms with van der Waals surface area (Å²) in [4.78, 5) is 72.2. The Balaban J connectivity index is 1.36. The molecule has 3 aliphatic carbocycles. The SMILES string of the molecule is CO[C@@H]1[C@@H](O)[C@@H](OC)C(NC2=CC(=O)c3c(cc4c(c3O)C(=O)[C@]3(OC)[C@H](O)Cc5cc(C)c(C(=O)N6CCCC6)c(O)c5[C@]3(O)C4=O)C2=O)O[C@H]1C. The van der Waals surface area contributed by atoms with E-state index in [4.69, 9.17) is 18.9 Å². The maximum absolute atomic E-state index is 14.8. The van der Waals surface area contributed by atoms with Gasteiger partial charge in [-0.05, 0) is 43.9 Å². The number of aryl methyl sites for hydroxylation is 1. The second-order valence-electron chi connectivity index (χ2n) is 14.1. The number of nitrogens with one attached hydrogen (secondary N) is 1. The lowest BCUT2D eigenvalue weighted by Gasteiger charge is -2.53. The van der Waals surface area contributed by atoms with E-state index in [0.717, 1.165) is 32.1 Å². The number of hydrogen-bond donors (Lipinski definition) is 6. The van der Waals surface area contributed by atoms with Crippen molar-refractivity contribution < 1.29 is 68.5 Å². The average molecular weight is 737 g/mol. The molecule has 16 nitrogen and oxygen atoms in total. The number of methoxy groups -OCH3 is 3. The molecule has 6 N–H and O–H groups in total. The number of carbonyl (C=O) groups excluding carboxylic acids is 5. The molecule has 2 fully saturated rings. The lowest BCUT2D eigenvalue weighted by molar-refractivity contribution is -0.236. The van der Waals surface area contributed by atoms with Crippen molar-refractivity contribution >= 4 is 29.0 Å². The highest BCUT2D eigenvalue weighted by Crippen LogP contribution is 2.56. The van der Waals surface area contributed by atoms with Crippen LogP contribution >= 0.6 is 0 Å². The van der Waals surface area contributed by atoms with Gasteiger partial charge in [0.1, 0.15) is 29.8 Å². The molecule has 0 saturated carbocycles. The minimum Gasteiger partial charge on any atom is -0.507 e. The Morgan fingerprint density at radius 1 is 0.943 bits per heavy atom. The first-order valence-electron chi connectivity index (χ1n) is 17.2. The molecule has 1 amide bonds. The van der Waals surface area contributed by atoms with E-state index in [9.17, 15) is 49.5 Å². The molecule has 0 bridgehead atoms. The van der Waals surface area contributed by atoms with E-state index in [0.29, 0.717) is 18.7 Å². The second-order valence-corrected chi connectivity index (χ2v) is 14.1. The molecule has 2 aromatic carbocycles.